The molecule has 0 radical (unpaired) electrons. The number of aryl methyl sites for hydroxylation is 1. The molecule has 2 heterocycles. The van der Waals surface area contributed by atoms with Crippen molar-refractivity contribution in [2.24, 2.45) is 0 Å². The minimum Gasteiger partial charge on any atom is -0.292 e. The normalized spacial score (nSPS) is 10.8. The lowest BCUT2D eigenvalue weighted by molar-refractivity contribution is 0.0987. The molecule has 3 aromatic rings. The van der Waals surface area contributed by atoms with Crippen LogP contribution in [0.25, 0.3) is 10.1 Å². The van der Waals surface area contributed by atoms with E-state index in [1.807, 2.05) is 31.2 Å². The highest BCUT2D eigenvalue weighted by Crippen LogP contribution is 2.26. The summed E-state index contributed by atoms with van der Waals surface area (Å²) in [4.78, 5) is 16.7. The van der Waals surface area contributed by atoms with Crippen LogP contribution in [0.15, 0.2) is 48.0 Å². The maximum Gasteiger partial charge on any atom is 0.185 e. The van der Waals surface area contributed by atoms with E-state index in [9.17, 15) is 4.79 Å². The Morgan fingerprint density at radius 3 is 2.85 bits per heavy atom. The third-order valence-electron chi connectivity index (χ3n) is 3.45. The molecule has 0 aliphatic rings. The third-order valence-corrected chi connectivity index (χ3v) is 4.46. The Morgan fingerprint density at radius 2 is 2.00 bits per heavy atom. The summed E-state index contributed by atoms with van der Waals surface area (Å²) in [7, 11) is 0. The van der Waals surface area contributed by atoms with Gasteiger partial charge in [-0.25, -0.2) is 0 Å². The van der Waals surface area contributed by atoms with E-state index in [1.54, 1.807) is 17.5 Å². The van der Waals surface area contributed by atoms with Crippen molar-refractivity contribution in [3.8, 4) is 0 Å². The zero-order chi connectivity index (χ0) is 13.9. The minimum absolute atomic E-state index is 0.103. The number of aromatic nitrogens is 1. The summed E-state index contributed by atoms with van der Waals surface area (Å²) in [6.45, 7) is 2.05. The molecule has 0 unspecified atom stereocenters. The number of hydrogen-bond donors (Lipinski definition) is 0. The van der Waals surface area contributed by atoms with Gasteiger partial charge >= 0.3 is 0 Å². The van der Waals surface area contributed by atoms with Crippen molar-refractivity contribution in [3.63, 3.8) is 0 Å². The van der Waals surface area contributed by atoms with Crippen molar-refractivity contribution < 1.29 is 4.79 Å². The predicted octanol–water partition coefficient (Wildman–Crippen LogP) is 4.28. The number of pyridine rings is 1. The van der Waals surface area contributed by atoms with Gasteiger partial charge in [-0.3, -0.25) is 9.78 Å². The van der Waals surface area contributed by atoms with E-state index >= 15 is 0 Å². The van der Waals surface area contributed by atoms with Gasteiger partial charge in [0, 0.05) is 17.3 Å². The molecule has 0 amide bonds. The zero-order valence-corrected chi connectivity index (χ0v) is 12.1. The molecule has 3 rings (SSSR count). The maximum absolute atomic E-state index is 12.5. The van der Waals surface area contributed by atoms with Crippen LogP contribution >= 0.6 is 11.3 Å². The number of benzene rings is 1. The first-order valence-electron chi connectivity index (χ1n) is 6.71. The summed E-state index contributed by atoms with van der Waals surface area (Å²) in [5.41, 5.74) is 2.74. The molecule has 0 fully saturated rings. The van der Waals surface area contributed by atoms with Crippen LogP contribution in [0, 0.1) is 0 Å². The number of carbonyl (C=O) groups is 1. The summed E-state index contributed by atoms with van der Waals surface area (Å²) < 4.78 is 1.23. The van der Waals surface area contributed by atoms with E-state index in [2.05, 4.69) is 22.5 Å². The molecule has 0 aliphatic carbocycles. The minimum atomic E-state index is 0.103. The van der Waals surface area contributed by atoms with Crippen LogP contribution < -0.4 is 0 Å². The molecule has 0 saturated heterocycles. The fourth-order valence-electron chi connectivity index (χ4n) is 2.40. The number of rotatable bonds is 4. The van der Waals surface area contributed by atoms with Crippen molar-refractivity contribution in [1.29, 1.82) is 0 Å². The van der Waals surface area contributed by atoms with E-state index in [0.29, 0.717) is 12.1 Å². The van der Waals surface area contributed by atoms with Gasteiger partial charge in [-0.1, -0.05) is 31.2 Å². The predicted molar refractivity (Wildman–Crippen MR) is 83.5 cm³/mol. The molecule has 0 aliphatic heterocycles. The Hall–Kier alpha value is -2.00. The molecule has 3 heteroatoms. The number of thiophene rings is 1. The summed E-state index contributed by atoms with van der Waals surface area (Å²) in [6.07, 6.45) is 2.95. The van der Waals surface area contributed by atoms with E-state index in [4.69, 9.17) is 0 Å². The van der Waals surface area contributed by atoms with Gasteiger partial charge in [-0.15, -0.1) is 11.3 Å². The van der Waals surface area contributed by atoms with Crippen LogP contribution in [-0.2, 0) is 12.8 Å². The molecule has 0 bridgehead atoms. The molecule has 0 atom stereocenters. The lowest BCUT2D eigenvalue weighted by Gasteiger charge is -2.05. The molecule has 2 aromatic heterocycles. The number of carbonyl (C=O) groups excluding carboxylic acids is 1. The van der Waals surface area contributed by atoms with Gasteiger partial charge in [-0.05, 0) is 40.4 Å². The number of Topliss-reactive ketones (excluding diaryl/α,β-unsaturated/α-hetero) is 1. The number of fused-ring (bicyclic) bond motifs is 1. The standard InChI is InChI=1S/C17H15NOS/c1-2-12-6-5-9-18-17(12)15(19)10-13-11-20-16-8-4-3-7-14(13)16/h3-9,11H,2,10H2,1H3. The van der Waals surface area contributed by atoms with Crippen molar-refractivity contribution >= 4 is 27.2 Å². The highest BCUT2D eigenvalue weighted by molar-refractivity contribution is 7.17. The van der Waals surface area contributed by atoms with Gasteiger partial charge < -0.3 is 0 Å². The lowest BCUT2D eigenvalue weighted by Crippen LogP contribution is -2.08. The molecular formula is C17H15NOS. The fourth-order valence-corrected chi connectivity index (χ4v) is 3.36. The third kappa shape index (κ3) is 2.37. The Labute approximate surface area is 122 Å². The van der Waals surface area contributed by atoms with E-state index in [-0.39, 0.29) is 5.78 Å². The topological polar surface area (TPSA) is 30.0 Å². The Bertz CT molecular complexity index is 760. The van der Waals surface area contributed by atoms with Crippen LogP contribution in [-0.4, -0.2) is 10.8 Å². The number of nitrogens with zero attached hydrogens (tertiary/aromatic N) is 1. The molecule has 0 spiro atoms. The van der Waals surface area contributed by atoms with Crippen LogP contribution in [0.4, 0.5) is 0 Å². The summed E-state index contributed by atoms with van der Waals surface area (Å²) in [5, 5.41) is 3.26. The molecule has 0 saturated carbocycles. The van der Waals surface area contributed by atoms with Crippen LogP contribution in [0.1, 0.15) is 28.5 Å². The van der Waals surface area contributed by atoms with E-state index < -0.39 is 0 Å². The number of hydrogen-bond acceptors (Lipinski definition) is 3. The first-order chi connectivity index (χ1) is 9.79. The summed E-state index contributed by atoms with van der Waals surface area (Å²) in [5.74, 6) is 0.103. The highest BCUT2D eigenvalue weighted by Gasteiger charge is 2.14. The molecule has 0 N–H and O–H groups in total. The van der Waals surface area contributed by atoms with Gasteiger partial charge in [0.05, 0.1) is 0 Å². The highest BCUT2D eigenvalue weighted by atomic mass is 32.1. The average molecular weight is 281 g/mol. The molecule has 20 heavy (non-hydrogen) atoms. The lowest BCUT2D eigenvalue weighted by atomic mass is 10.0. The number of ketones is 1. The van der Waals surface area contributed by atoms with Gasteiger partial charge in [-0.2, -0.15) is 0 Å². The van der Waals surface area contributed by atoms with Gasteiger partial charge in [0.1, 0.15) is 5.69 Å². The van der Waals surface area contributed by atoms with Crippen molar-refractivity contribution in [2.45, 2.75) is 19.8 Å². The Kier molecular flexibility index (Phi) is 3.61. The molecule has 2 nitrogen and oxygen atoms in total. The van der Waals surface area contributed by atoms with Crippen molar-refractivity contribution in [2.75, 3.05) is 0 Å². The van der Waals surface area contributed by atoms with E-state index in [0.717, 1.165) is 17.5 Å². The van der Waals surface area contributed by atoms with Crippen LogP contribution in [0.3, 0.4) is 0 Å². The first-order valence-corrected chi connectivity index (χ1v) is 7.59. The van der Waals surface area contributed by atoms with Gasteiger partial charge in [0.25, 0.3) is 0 Å². The smallest absolute Gasteiger partial charge is 0.185 e. The fraction of sp³-hybridized carbons (Fsp3) is 0.176. The average Bonchev–Trinajstić information content (AvgIpc) is 2.90. The Balaban J connectivity index is 1.93. The quantitative estimate of drug-likeness (QED) is 0.668. The van der Waals surface area contributed by atoms with Crippen LogP contribution in [0.5, 0.6) is 0 Å². The van der Waals surface area contributed by atoms with Gasteiger partial charge in [0.15, 0.2) is 5.78 Å². The largest absolute Gasteiger partial charge is 0.292 e. The molecule has 100 valence electrons. The molecular weight excluding hydrogens is 266 g/mol. The monoisotopic (exact) mass is 281 g/mol. The van der Waals surface area contributed by atoms with Crippen molar-refractivity contribution in [3.05, 3.63) is 64.8 Å². The maximum atomic E-state index is 12.5. The second-order valence-electron chi connectivity index (χ2n) is 4.72. The summed E-state index contributed by atoms with van der Waals surface area (Å²) in [6, 6.07) is 12.1. The van der Waals surface area contributed by atoms with E-state index in [1.165, 1.54) is 10.1 Å². The van der Waals surface area contributed by atoms with Gasteiger partial charge in [0.2, 0.25) is 0 Å². The Morgan fingerprint density at radius 1 is 1.15 bits per heavy atom. The summed E-state index contributed by atoms with van der Waals surface area (Å²) >= 11 is 1.69. The SMILES string of the molecule is CCc1cccnc1C(=O)Cc1csc2ccccc12. The first kappa shape index (κ1) is 13.0. The molecule has 1 aromatic carbocycles. The van der Waals surface area contributed by atoms with Crippen LogP contribution in [0.2, 0.25) is 0 Å². The second kappa shape index (κ2) is 5.55. The van der Waals surface area contributed by atoms with Crippen molar-refractivity contribution in [1.82, 2.24) is 4.98 Å². The zero-order valence-electron chi connectivity index (χ0n) is 11.3. The second-order valence-corrected chi connectivity index (χ2v) is 5.63.